The van der Waals surface area contributed by atoms with Crippen molar-refractivity contribution < 1.29 is 24.1 Å². The van der Waals surface area contributed by atoms with Gasteiger partial charge in [-0.15, -0.1) is 0 Å². The zero-order valence-corrected chi connectivity index (χ0v) is 8.55. The van der Waals surface area contributed by atoms with E-state index in [1.54, 1.807) is 0 Å². The molecule has 2 saturated heterocycles. The summed E-state index contributed by atoms with van der Waals surface area (Å²) in [5.41, 5.74) is 0. The Labute approximate surface area is 88.3 Å². The first-order valence-electron chi connectivity index (χ1n) is 5.32. The Morgan fingerprint density at radius 3 is 2.93 bits per heavy atom. The predicted molar refractivity (Wildman–Crippen MR) is 50.4 cm³/mol. The predicted octanol–water partition coefficient (Wildman–Crippen LogP) is 0.629. The molecule has 0 radical (unpaired) electrons. The fraction of sp³-hybridized carbons (Fsp3) is 0.900. The molecular formula is C10H16O5. The van der Waals surface area contributed by atoms with Crippen LogP contribution in [-0.2, 0) is 19.0 Å². The summed E-state index contributed by atoms with van der Waals surface area (Å²) in [7, 11) is 0. The minimum Gasteiger partial charge on any atom is -0.481 e. The van der Waals surface area contributed by atoms with Gasteiger partial charge in [-0.1, -0.05) is 0 Å². The van der Waals surface area contributed by atoms with Crippen LogP contribution >= 0.6 is 0 Å². The van der Waals surface area contributed by atoms with Crippen molar-refractivity contribution in [2.75, 3.05) is 19.8 Å². The van der Waals surface area contributed by atoms with E-state index in [-0.39, 0.29) is 24.7 Å². The maximum Gasteiger partial charge on any atom is 0.306 e. The number of carboxylic acids is 1. The van der Waals surface area contributed by atoms with Crippen molar-refractivity contribution >= 4 is 5.97 Å². The number of hydrogen-bond acceptors (Lipinski definition) is 4. The highest BCUT2D eigenvalue weighted by Gasteiger charge is 2.34. The van der Waals surface area contributed by atoms with Crippen LogP contribution in [0.1, 0.15) is 19.3 Å². The lowest BCUT2D eigenvalue weighted by Crippen LogP contribution is -2.30. The zero-order valence-electron chi connectivity index (χ0n) is 8.55. The number of hydrogen-bond donors (Lipinski definition) is 1. The molecule has 0 saturated carbocycles. The number of carbonyl (C=O) groups is 1. The van der Waals surface area contributed by atoms with Gasteiger partial charge in [-0.3, -0.25) is 4.79 Å². The molecule has 0 amide bonds. The van der Waals surface area contributed by atoms with Crippen LogP contribution in [0.5, 0.6) is 0 Å². The van der Waals surface area contributed by atoms with Crippen molar-refractivity contribution in [2.45, 2.75) is 31.7 Å². The molecule has 2 aliphatic heterocycles. The summed E-state index contributed by atoms with van der Waals surface area (Å²) in [6.45, 7) is 1.85. The second kappa shape index (κ2) is 4.92. The molecule has 1 N–H and O–H groups in total. The van der Waals surface area contributed by atoms with Crippen LogP contribution in [0.4, 0.5) is 0 Å². The Bertz CT molecular complexity index is 224. The van der Waals surface area contributed by atoms with Gasteiger partial charge in [0, 0.05) is 12.5 Å². The van der Waals surface area contributed by atoms with Crippen molar-refractivity contribution in [2.24, 2.45) is 5.92 Å². The molecule has 0 aromatic heterocycles. The van der Waals surface area contributed by atoms with Gasteiger partial charge in [0.1, 0.15) is 0 Å². The Morgan fingerprint density at radius 2 is 2.27 bits per heavy atom. The first-order valence-corrected chi connectivity index (χ1v) is 5.32. The van der Waals surface area contributed by atoms with Crippen LogP contribution in [-0.4, -0.2) is 43.3 Å². The average molecular weight is 216 g/mol. The van der Waals surface area contributed by atoms with E-state index in [2.05, 4.69) is 0 Å². The third kappa shape index (κ3) is 2.90. The maximum absolute atomic E-state index is 10.5. The van der Waals surface area contributed by atoms with E-state index in [9.17, 15) is 4.79 Å². The van der Waals surface area contributed by atoms with Crippen LogP contribution in [0.3, 0.4) is 0 Å². The molecule has 0 aliphatic carbocycles. The lowest BCUT2D eigenvalue weighted by molar-refractivity contribution is -0.145. The summed E-state index contributed by atoms with van der Waals surface area (Å²) in [4.78, 5) is 10.5. The van der Waals surface area contributed by atoms with Gasteiger partial charge in [0.25, 0.3) is 0 Å². The monoisotopic (exact) mass is 216 g/mol. The molecule has 0 bridgehead atoms. The Hall–Kier alpha value is -0.650. The Kier molecular flexibility index (Phi) is 3.56. The van der Waals surface area contributed by atoms with E-state index in [1.165, 1.54) is 0 Å². The molecule has 0 aromatic rings. The van der Waals surface area contributed by atoms with Gasteiger partial charge in [-0.05, 0) is 12.8 Å². The zero-order chi connectivity index (χ0) is 10.7. The lowest BCUT2D eigenvalue weighted by atomic mass is 10.0. The quantitative estimate of drug-likeness (QED) is 0.749. The normalized spacial score (nSPS) is 36.7. The standard InChI is InChI=1S/C10H16O5/c11-9(12)4-8-6-14-10(15-8)7-2-1-3-13-5-7/h7-8,10H,1-6H2,(H,11,12). The smallest absolute Gasteiger partial charge is 0.306 e. The van der Waals surface area contributed by atoms with Gasteiger partial charge in [-0.2, -0.15) is 0 Å². The van der Waals surface area contributed by atoms with Crippen molar-refractivity contribution in [3.63, 3.8) is 0 Å². The van der Waals surface area contributed by atoms with Gasteiger partial charge in [0.15, 0.2) is 6.29 Å². The van der Waals surface area contributed by atoms with E-state index < -0.39 is 5.97 Å². The van der Waals surface area contributed by atoms with E-state index in [0.717, 1.165) is 19.4 Å². The number of ether oxygens (including phenoxy) is 3. The van der Waals surface area contributed by atoms with Gasteiger partial charge < -0.3 is 19.3 Å². The minimum absolute atomic E-state index is 0.0179. The van der Waals surface area contributed by atoms with E-state index in [4.69, 9.17) is 19.3 Å². The van der Waals surface area contributed by atoms with Crippen LogP contribution in [0.15, 0.2) is 0 Å². The molecule has 2 aliphatic rings. The molecule has 2 heterocycles. The van der Waals surface area contributed by atoms with E-state index in [0.29, 0.717) is 13.2 Å². The molecule has 2 rings (SSSR count). The number of aliphatic carboxylic acids is 1. The second-order valence-corrected chi connectivity index (χ2v) is 4.03. The first kappa shape index (κ1) is 10.9. The molecule has 0 aromatic carbocycles. The number of carboxylic acid groups (broad SMARTS) is 1. The average Bonchev–Trinajstić information content (AvgIpc) is 2.67. The minimum atomic E-state index is -0.843. The molecule has 15 heavy (non-hydrogen) atoms. The summed E-state index contributed by atoms with van der Waals surface area (Å²) < 4.78 is 16.3. The van der Waals surface area contributed by atoms with Crippen LogP contribution < -0.4 is 0 Å². The highest BCUT2D eigenvalue weighted by molar-refractivity contribution is 5.67. The molecule has 3 unspecified atom stereocenters. The summed E-state index contributed by atoms with van der Waals surface area (Å²) in [6.07, 6.45) is 1.51. The van der Waals surface area contributed by atoms with Crippen molar-refractivity contribution in [1.82, 2.24) is 0 Å². The highest BCUT2D eigenvalue weighted by atomic mass is 16.7. The summed E-state index contributed by atoms with van der Waals surface area (Å²) in [5.74, 6) is -0.582. The molecule has 2 fully saturated rings. The fourth-order valence-corrected chi connectivity index (χ4v) is 2.00. The summed E-state index contributed by atoms with van der Waals surface area (Å²) in [6, 6.07) is 0. The van der Waals surface area contributed by atoms with E-state index in [1.807, 2.05) is 0 Å². The topological polar surface area (TPSA) is 65.0 Å². The van der Waals surface area contributed by atoms with Crippen LogP contribution in [0.25, 0.3) is 0 Å². The van der Waals surface area contributed by atoms with Gasteiger partial charge >= 0.3 is 5.97 Å². The molecule has 5 nitrogen and oxygen atoms in total. The van der Waals surface area contributed by atoms with E-state index >= 15 is 0 Å². The Morgan fingerprint density at radius 1 is 1.40 bits per heavy atom. The fourth-order valence-electron chi connectivity index (χ4n) is 2.00. The third-order valence-corrected chi connectivity index (χ3v) is 2.76. The van der Waals surface area contributed by atoms with Crippen molar-refractivity contribution in [3.8, 4) is 0 Å². The molecule has 86 valence electrons. The maximum atomic E-state index is 10.5. The SMILES string of the molecule is O=C(O)CC1COC(C2CCCOC2)O1. The van der Waals surface area contributed by atoms with Crippen molar-refractivity contribution in [3.05, 3.63) is 0 Å². The summed E-state index contributed by atoms with van der Waals surface area (Å²) in [5, 5.41) is 8.61. The molecule has 0 spiro atoms. The molecule has 3 atom stereocenters. The number of rotatable bonds is 3. The Balaban J connectivity index is 1.78. The molecular weight excluding hydrogens is 200 g/mol. The lowest BCUT2D eigenvalue weighted by Gasteiger charge is -2.26. The van der Waals surface area contributed by atoms with Gasteiger partial charge in [0.2, 0.25) is 0 Å². The summed E-state index contributed by atoms with van der Waals surface area (Å²) >= 11 is 0. The third-order valence-electron chi connectivity index (χ3n) is 2.76. The van der Waals surface area contributed by atoms with Crippen LogP contribution in [0, 0.1) is 5.92 Å². The van der Waals surface area contributed by atoms with Gasteiger partial charge in [0.05, 0.1) is 25.7 Å². The second-order valence-electron chi connectivity index (χ2n) is 4.03. The first-order chi connectivity index (χ1) is 7.25. The highest BCUT2D eigenvalue weighted by Crippen LogP contribution is 2.26. The van der Waals surface area contributed by atoms with Gasteiger partial charge in [-0.25, -0.2) is 0 Å². The largest absolute Gasteiger partial charge is 0.481 e. The van der Waals surface area contributed by atoms with Crippen molar-refractivity contribution in [1.29, 1.82) is 0 Å². The molecule has 5 heteroatoms. The van der Waals surface area contributed by atoms with Crippen LogP contribution in [0.2, 0.25) is 0 Å².